The SMILES string of the molecule is OC(c1ccc(Cl)cc1)(c1ccccn1)C1CCNCC1. The van der Waals surface area contributed by atoms with Crippen LogP contribution < -0.4 is 5.32 Å². The number of benzene rings is 1. The molecule has 1 unspecified atom stereocenters. The summed E-state index contributed by atoms with van der Waals surface area (Å²) < 4.78 is 0. The lowest BCUT2D eigenvalue weighted by Gasteiger charge is -2.38. The molecule has 3 nitrogen and oxygen atoms in total. The molecule has 0 saturated carbocycles. The molecule has 21 heavy (non-hydrogen) atoms. The van der Waals surface area contributed by atoms with E-state index in [4.69, 9.17) is 11.6 Å². The minimum Gasteiger partial charge on any atom is -0.378 e. The predicted octanol–water partition coefficient (Wildman–Crippen LogP) is 2.97. The molecule has 0 amide bonds. The van der Waals surface area contributed by atoms with Crippen molar-refractivity contribution in [2.75, 3.05) is 13.1 Å². The molecule has 0 bridgehead atoms. The lowest BCUT2D eigenvalue weighted by atomic mass is 9.74. The maximum absolute atomic E-state index is 11.5. The zero-order valence-electron chi connectivity index (χ0n) is 11.8. The summed E-state index contributed by atoms with van der Waals surface area (Å²) in [7, 11) is 0. The molecule has 110 valence electrons. The van der Waals surface area contributed by atoms with E-state index in [1.807, 2.05) is 42.5 Å². The van der Waals surface area contributed by atoms with Gasteiger partial charge >= 0.3 is 0 Å². The van der Waals surface area contributed by atoms with Gasteiger partial charge in [-0.3, -0.25) is 4.98 Å². The van der Waals surface area contributed by atoms with E-state index in [-0.39, 0.29) is 5.92 Å². The molecule has 0 spiro atoms. The topological polar surface area (TPSA) is 45.2 Å². The van der Waals surface area contributed by atoms with Crippen molar-refractivity contribution in [2.45, 2.75) is 18.4 Å². The Morgan fingerprint density at radius 1 is 1.10 bits per heavy atom. The number of nitrogens with zero attached hydrogens (tertiary/aromatic N) is 1. The predicted molar refractivity (Wildman–Crippen MR) is 84.3 cm³/mol. The molecule has 3 rings (SSSR count). The zero-order valence-corrected chi connectivity index (χ0v) is 12.6. The van der Waals surface area contributed by atoms with Crippen molar-refractivity contribution in [3.63, 3.8) is 0 Å². The molecule has 2 N–H and O–H groups in total. The average Bonchev–Trinajstić information content (AvgIpc) is 2.56. The van der Waals surface area contributed by atoms with Gasteiger partial charge in [-0.15, -0.1) is 0 Å². The lowest BCUT2D eigenvalue weighted by molar-refractivity contribution is -0.00141. The van der Waals surface area contributed by atoms with Crippen molar-refractivity contribution in [2.24, 2.45) is 5.92 Å². The van der Waals surface area contributed by atoms with Gasteiger partial charge in [0.25, 0.3) is 0 Å². The van der Waals surface area contributed by atoms with Crippen LogP contribution in [-0.4, -0.2) is 23.2 Å². The summed E-state index contributed by atoms with van der Waals surface area (Å²) in [4.78, 5) is 4.42. The van der Waals surface area contributed by atoms with Gasteiger partial charge in [-0.25, -0.2) is 0 Å². The van der Waals surface area contributed by atoms with Crippen molar-refractivity contribution < 1.29 is 5.11 Å². The normalized spacial score (nSPS) is 19.1. The fraction of sp³-hybridized carbons (Fsp3) is 0.353. The van der Waals surface area contributed by atoms with Gasteiger partial charge in [-0.1, -0.05) is 29.8 Å². The second-order valence-corrected chi connectivity index (χ2v) is 5.95. The maximum atomic E-state index is 11.5. The van der Waals surface area contributed by atoms with Crippen LogP contribution in [0.2, 0.25) is 5.02 Å². The Morgan fingerprint density at radius 3 is 2.43 bits per heavy atom. The molecule has 1 aliphatic heterocycles. The molecule has 1 saturated heterocycles. The van der Waals surface area contributed by atoms with E-state index < -0.39 is 5.60 Å². The van der Waals surface area contributed by atoms with Crippen molar-refractivity contribution in [3.8, 4) is 0 Å². The van der Waals surface area contributed by atoms with E-state index in [9.17, 15) is 5.11 Å². The Bertz CT molecular complexity index is 581. The highest BCUT2D eigenvalue weighted by molar-refractivity contribution is 6.30. The number of hydrogen-bond donors (Lipinski definition) is 2. The minimum absolute atomic E-state index is 0.148. The molecule has 0 radical (unpaired) electrons. The number of rotatable bonds is 3. The Labute approximate surface area is 130 Å². The van der Waals surface area contributed by atoms with Gasteiger partial charge < -0.3 is 10.4 Å². The Balaban J connectivity index is 2.07. The van der Waals surface area contributed by atoms with E-state index in [0.717, 1.165) is 31.5 Å². The molecule has 1 atom stereocenters. The van der Waals surface area contributed by atoms with Crippen LogP contribution in [0.15, 0.2) is 48.7 Å². The third kappa shape index (κ3) is 2.82. The van der Waals surface area contributed by atoms with Gasteiger partial charge in [0.1, 0.15) is 5.60 Å². The van der Waals surface area contributed by atoms with Gasteiger partial charge in [0.15, 0.2) is 0 Å². The third-order valence-corrected chi connectivity index (χ3v) is 4.52. The Hall–Kier alpha value is -1.42. The fourth-order valence-corrected chi connectivity index (χ4v) is 3.25. The molecule has 4 heteroatoms. The van der Waals surface area contributed by atoms with Crippen molar-refractivity contribution in [1.82, 2.24) is 10.3 Å². The highest BCUT2D eigenvalue weighted by Crippen LogP contribution is 2.40. The number of aromatic nitrogens is 1. The Kier molecular flexibility index (Phi) is 4.24. The van der Waals surface area contributed by atoms with Gasteiger partial charge in [0.05, 0.1) is 5.69 Å². The van der Waals surface area contributed by atoms with Gasteiger partial charge in [0, 0.05) is 17.1 Å². The number of hydrogen-bond acceptors (Lipinski definition) is 3. The summed E-state index contributed by atoms with van der Waals surface area (Å²) in [6.07, 6.45) is 3.59. The molecule has 2 aromatic rings. The first-order chi connectivity index (χ1) is 10.2. The standard InChI is InChI=1S/C17H19ClN2O/c18-15-6-4-13(5-7-15)17(21,14-8-11-19-12-9-14)16-3-1-2-10-20-16/h1-7,10,14,19,21H,8-9,11-12H2. The van der Waals surface area contributed by atoms with Crippen LogP contribution in [0.5, 0.6) is 0 Å². The zero-order chi connectivity index (χ0) is 14.7. The second-order valence-electron chi connectivity index (χ2n) is 5.51. The van der Waals surface area contributed by atoms with Gasteiger partial charge in [-0.05, 0) is 55.8 Å². The van der Waals surface area contributed by atoms with Crippen LogP contribution in [0.3, 0.4) is 0 Å². The molecule has 0 aliphatic carbocycles. The molecule has 1 aromatic heterocycles. The first kappa shape index (κ1) is 14.5. The minimum atomic E-state index is -1.06. The van der Waals surface area contributed by atoms with E-state index in [2.05, 4.69) is 10.3 Å². The van der Waals surface area contributed by atoms with E-state index in [1.165, 1.54) is 0 Å². The summed E-state index contributed by atoms with van der Waals surface area (Å²) in [5, 5.41) is 15.6. The van der Waals surface area contributed by atoms with Crippen LogP contribution in [0.25, 0.3) is 0 Å². The van der Waals surface area contributed by atoms with Gasteiger partial charge in [-0.2, -0.15) is 0 Å². The number of piperidine rings is 1. The third-order valence-electron chi connectivity index (χ3n) is 4.27. The highest BCUT2D eigenvalue weighted by atomic mass is 35.5. The summed E-state index contributed by atoms with van der Waals surface area (Å²) in [6, 6.07) is 13.1. The summed E-state index contributed by atoms with van der Waals surface area (Å²) in [6.45, 7) is 1.85. The smallest absolute Gasteiger partial charge is 0.134 e. The molecular weight excluding hydrogens is 284 g/mol. The second kappa shape index (κ2) is 6.14. The lowest BCUT2D eigenvalue weighted by Crippen LogP contribution is -2.43. The van der Waals surface area contributed by atoms with Crippen molar-refractivity contribution in [1.29, 1.82) is 0 Å². The van der Waals surface area contributed by atoms with Crippen LogP contribution in [-0.2, 0) is 5.60 Å². The largest absolute Gasteiger partial charge is 0.378 e. The molecular formula is C17H19ClN2O. The molecule has 1 fully saturated rings. The summed E-state index contributed by atoms with van der Waals surface area (Å²) >= 11 is 5.99. The highest BCUT2D eigenvalue weighted by Gasteiger charge is 2.41. The van der Waals surface area contributed by atoms with Crippen molar-refractivity contribution >= 4 is 11.6 Å². The number of halogens is 1. The monoisotopic (exact) mass is 302 g/mol. The Morgan fingerprint density at radius 2 is 1.81 bits per heavy atom. The average molecular weight is 303 g/mol. The summed E-state index contributed by atoms with van der Waals surface area (Å²) in [5.74, 6) is 0.148. The maximum Gasteiger partial charge on any atom is 0.134 e. The van der Waals surface area contributed by atoms with E-state index >= 15 is 0 Å². The number of pyridine rings is 1. The van der Waals surface area contributed by atoms with Crippen LogP contribution in [0.1, 0.15) is 24.1 Å². The first-order valence-electron chi connectivity index (χ1n) is 7.32. The first-order valence-corrected chi connectivity index (χ1v) is 7.69. The molecule has 2 heterocycles. The van der Waals surface area contributed by atoms with E-state index in [0.29, 0.717) is 10.7 Å². The van der Waals surface area contributed by atoms with Crippen LogP contribution in [0.4, 0.5) is 0 Å². The van der Waals surface area contributed by atoms with Gasteiger partial charge in [0.2, 0.25) is 0 Å². The quantitative estimate of drug-likeness (QED) is 0.916. The number of aliphatic hydroxyl groups is 1. The number of nitrogens with one attached hydrogen (secondary N) is 1. The molecule has 1 aromatic carbocycles. The fourth-order valence-electron chi connectivity index (χ4n) is 3.12. The van der Waals surface area contributed by atoms with Crippen LogP contribution >= 0.6 is 11.6 Å². The summed E-state index contributed by atoms with van der Waals surface area (Å²) in [5.41, 5.74) is 0.505. The van der Waals surface area contributed by atoms with Crippen molar-refractivity contribution in [3.05, 3.63) is 64.9 Å². The van der Waals surface area contributed by atoms with Crippen LogP contribution in [0, 0.1) is 5.92 Å². The van der Waals surface area contributed by atoms with E-state index in [1.54, 1.807) is 6.20 Å². The molecule has 1 aliphatic rings.